The summed E-state index contributed by atoms with van der Waals surface area (Å²) in [6.45, 7) is 0.344. The van der Waals surface area contributed by atoms with Gasteiger partial charge in [0.15, 0.2) is 0 Å². The number of hydrogen-bond acceptors (Lipinski definition) is 4. The van der Waals surface area contributed by atoms with Crippen molar-refractivity contribution in [3.8, 4) is 0 Å². The number of aliphatic hydroxyl groups excluding tert-OH is 1. The molecule has 0 aromatic heterocycles. The highest BCUT2D eigenvalue weighted by atomic mass is 32.2. The van der Waals surface area contributed by atoms with Gasteiger partial charge in [-0.15, -0.1) is 0 Å². The third-order valence-corrected chi connectivity index (χ3v) is 5.22. The summed E-state index contributed by atoms with van der Waals surface area (Å²) in [5.74, 6) is -0.462. The van der Waals surface area contributed by atoms with Crippen molar-refractivity contribution in [3.05, 3.63) is 24.0 Å². The summed E-state index contributed by atoms with van der Waals surface area (Å²) in [4.78, 5) is -0.0197. The summed E-state index contributed by atoms with van der Waals surface area (Å²) in [7, 11) is -2.19. The highest BCUT2D eigenvalue weighted by Gasteiger charge is 2.31. The van der Waals surface area contributed by atoms with Crippen molar-refractivity contribution in [2.75, 3.05) is 19.3 Å². The summed E-state index contributed by atoms with van der Waals surface area (Å²) >= 11 is 0. The summed E-state index contributed by atoms with van der Waals surface area (Å²) in [6.07, 6.45) is 0.916. The Hall–Kier alpha value is -1.18. The maximum Gasteiger partial charge on any atom is 0.242 e. The second kappa shape index (κ2) is 5.07. The first kappa shape index (κ1) is 14.2. The van der Waals surface area contributed by atoms with Gasteiger partial charge in [0.05, 0.1) is 16.7 Å². The maximum atomic E-state index is 13.0. The number of hydrogen-bond donors (Lipinski definition) is 2. The van der Waals surface area contributed by atoms with E-state index >= 15 is 0 Å². The summed E-state index contributed by atoms with van der Waals surface area (Å²) in [6, 6.07) is 3.37. The lowest BCUT2D eigenvalue weighted by molar-refractivity contribution is 0.0367. The standard InChI is InChI=1S/C12H17FN2O3S/c1-15(7-8-4-9(16)5-8)19(17,18)10-2-3-11(13)12(14)6-10/h2-3,6,8-9,16H,4-5,7,14H2,1H3. The van der Waals surface area contributed by atoms with Crippen LogP contribution in [0.5, 0.6) is 0 Å². The third-order valence-electron chi connectivity index (χ3n) is 3.40. The van der Waals surface area contributed by atoms with Crippen molar-refractivity contribution < 1.29 is 17.9 Å². The van der Waals surface area contributed by atoms with E-state index in [9.17, 15) is 17.9 Å². The molecule has 5 nitrogen and oxygen atoms in total. The molecular weight excluding hydrogens is 271 g/mol. The average molecular weight is 288 g/mol. The number of nitrogens with two attached hydrogens (primary N) is 1. The number of aliphatic hydroxyl groups is 1. The third kappa shape index (κ3) is 2.88. The molecule has 2 rings (SSSR count). The Morgan fingerprint density at radius 3 is 2.63 bits per heavy atom. The highest BCUT2D eigenvalue weighted by molar-refractivity contribution is 7.89. The van der Waals surface area contributed by atoms with Gasteiger partial charge in [0.2, 0.25) is 10.0 Å². The first-order chi connectivity index (χ1) is 8.80. The second-order valence-corrected chi connectivity index (χ2v) is 7.00. The molecule has 7 heteroatoms. The predicted molar refractivity (Wildman–Crippen MR) is 69.4 cm³/mol. The smallest absolute Gasteiger partial charge is 0.242 e. The van der Waals surface area contributed by atoms with Crippen LogP contribution >= 0.6 is 0 Å². The molecule has 0 amide bonds. The Labute approximate surface area is 111 Å². The molecule has 0 spiro atoms. The van der Waals surface area contributed by atoms with Crippen LogP contribution in [0.1, 0.15) is 12.8 Å². The van der Waals surface area contributed by atoms with Gasteiger partial charge in [-0.05, 0) is 37.0 Å². The predicted octanol–water partition coefficient (Wildman–Crippen LogP) is 0.799. The molecule has 19 heavy (non-hydrogen) atoms. The first-order valence-corrected chi connectivity index (χ1v) is 7.44. The van der Waals surface area contributed by atoms with Crippen LogP contribution in [0, 0.1) is 11.7 Å². The molecule has 1 fully saturated rings. The van der Waals surface area contributed by atoms with Crippen molar-refractivity contribution in [1.82, 2.24) is 4.31 Å². The lowest BCUT2D eigenvalue weighted by Gasteiger charge is -2.34. The van der Waals surface area contributed by atoms with E-state index in [-0.39, 0.29) is 22.6 Å². The zero-order valence-electron chi connectivity index (χ0n) is 10.6. The van der Waals surface area contributed by atoms with Crippen LogP contribution < -0.4 is 5.73 Å². The zero-order valence-corrected chi connectivity index (χ0v) is 11.4. The highest BCUT2D eigenvalue weighted by Crippen LogP contribution is 2.29. The summed E-state index contributed by atoms with van der Waals surface area (Å²) in [5, 5.41) is 9.19. The number of rotatable bonds is 4. The van der Waals surface area contributed by atoms with Crippen molar-refractivity contribution >= 4 is 15.7 Å². The van der Waals surface area contributed by atoms with Crippen LogP contribution in [0.15, 0.2) is 23.1 Å². The van der Waals surface area contributed by atoms with Gasteiger partial charge >= 0.3 is 0 Å². The molecule has 0 bridgehead atoms. The molecular formula is C12H17FN2O3S. The van der Waals surface area contributed by atoms with E-state index in [1.165, 1.54) is 17.4 Å². The van der Waals surface area contributed by atoms with Gasteiger partial charge in [-0.2, -0.15) is 0 Å². The van der Waals surface area contributed by atoms with E-state index in [0.717, 1.165) is 12.1 Å². The fraction of sp³-hybridized carbons (Fsp3) is 0.500. The Morgan fingerprint density at radius 1 is 1.47 bits per heavy atom. The lowest BCUT2D eigenvalue weighted by atomic mass is 9.82. The zero-order chi connectivity index (χ0) is 14.2. The lowest BCUT2D eigenvalue weighted by Crippen LogP contribution is -2.39. The van der Waals surface area contributed by atoms with E-state index in [0.29, 0.717) is 19.4 Å². The molecule has 1 aromatic rings. The topological polar surface area (TPSA) is 83.6 Å². The molecule has 1 aromatic carbocycles. The Morgan fingerprint density at radius 2 is 2.11 bits per heavy atom. The molecule has 3 N–H and O–H groups in total. The first-order valence-electron chi connectivity index (χ1n) is 6.00. The van der Waals surface area contributed by atoms with E-state index < -0.39 is 15.8 Å². The number of benzene rings is 1. The van der Waals surface area contributed by atoms with Gasteiger partial charge in [0, 0.05) is 13.6 Å². The number of nitrogen functional groups attached to an aromatic ring is 1. The van der Waals surface area contributed by atoms with Gasteiger partial charge in [0.1, 0.15) is 5.82 Å². The van der Waals surface area contributed by atoms with E-state index in [2.05, 4.69) is 0 Å². The van der Waals surface area contributed by atoms with Crippen LogP contribution in [-0.4, -0.2) is 37.5 Å². The number of halogens is 1. The minimum absolute atomic E-state index is 0.0197. The van der Waals surface area contributed by atoms with Crippen molar-refractivity contribution in [1.29, 1.82) is 0 Å². The number of anilines is 1. The van der Waals surface area contributed by atoms with E-state index in [1.807, 2.05) is 0 Å². The van der Waals surface area contributed by atoms with Crippen LogP contribution in [-0.2, 0) is 10.0 Å². The Kier molecular flexibility index (Phi) is 3.80. The van der Waals surface area contributed by atoms with Crippen molar-refractivity contribution in [2.45, 2.75) is 23.8 Å². The molecule has 0 heterocycles. The monoisotopic (exact) mass is 288 g/mol. The molecule has 0 unspecified atom stereocenters. The van der Waals surface area contributed by atoms with E-state index in [4.69, 9.17) is 5.73 Å². The SMILES string of the molecule is CN(CC1CC(O)C1)S(=O)(=O)c1ccc(F)c(N)c1. The van der Waals surface area contributed by atoms with Gasteiger partial charge in [-0.25, -0.2) is 17.1 Å². The average Bonchev–Trinajstić information content (AvgIpc) is 2.30. The van der Waals surface area contributed by atoms with Crippen LogP contribution in [0.2, 0.25) is 0 Å². The maximum absolute atomic E-state index is 13.0. The van der Waals surface area contributed by atoms with Crippen LogP contribution in [0.3, 0.4) is 0 Å². The normalized spacial score (nSPS) is 23.4. The molecule has 0 saturated heterocycles. The molecule has 0 radical (unpaired) electrons. The molecule has 0 atom stereocenters. The molecule has 1 aliphatic carbocycles. The second-order valence-electron chi connectivity index (χ2n) is 4.96. The molecule has 1 saturated carbocycles. The summed E-state index contributed by atoms with van der Waals surface area (Å²) < 4.78 is 38.7. The Balaban J connectivity index is 2.14. The van der Waals surface area contributed by atoms with Gasteiger partial charge in [0.25, 0.3) is 0 Å². The fourth-order valence-electron chi connectivity index (χ4n) is 2.17. The molecule has 106 valence electrons. The van der Waals surface area contributed by atoms with Crippen molar-refractivity contribution in [2.24, 2.45) is 5.92 Å². The van der Waals surface area contributed by atoms with Gasteiger partial charge < -0.3 is 10.8 Å². The quantitative estimate of drug-likeness (QED) is 0.803. The van der Waals surface area contributed by atoms with Gasteiger partial charge in [-0.3, -0.25) is 0 Å². The minimum Gasteiger partial charge on any atom is -0.396 e. The molecule has 0 aliphatic heterocycles. The van der Waals surface area contributed by atoms with Crippen LogP contribution in [0.4, 0.5) is 10.1 Å². The molecule has 1 aliphatic rings. The number of sulfonamides is 1. The number of nitrogens with zero attached hydrogens (tertiary/aromatic N) is 1. The fourth-order valence-corrected chi connectivity index (χ4v) is 3.46. The van der Waals surface area contributed by atoms with Gasteiger partial charge in [-0.1, -0.05) is 0 Å². The minimum atomic E-state index is -3.66. The largest absolute Gasteiger partial charge is 0.396 e. The van der Waals surface area contributed by atoms with Crippen LogP contribution in [0.25, 0.3) is 0 Å². The van der Waals surface area contributed by atoms with Crippen molar-refractivity contribution in [3.63, 3.8) is 0 Å². The summed E-state index contributed by atoms with van der Waals surface area (Å²) in [5.41, 5.74) is 5.20. The Bertz CT molecular complexity index is 570. The van der Waals surface area contributed by atoms with E-state index in [1.54, 1.807) is 0 Å².